The molecule has 3 nitrogen and oxygen atoms in total. The van der Waals surface area contributed by atoms with Crippen molar-refractivity contribution < 1.29 is 15.3 Å². The predicted octanol–water partition coefficient (Wildman–Crippen LogP) is 3.56. The third-order valence-corrected chi connectivity index (χ3v) is 8.11. The van der Waals surface area contributed by atoms with E-state index in [1.807, 2.05) is 0 Å². The van der Waals surface area contributed by atoms with Gasteiger partial charge in [0.15, 0.2) is 0 Å². The van der Waals surface area contributed by atoms with Gasteiger partial charge in [0.25, 0.3) is 0 Å². The highest BCUT2D eigenvalue weighted by atomic mass is 16.3. The van der Waals surface area contributed by atoms with E-state index < -0.39 is 0 Å². The summed E-state index contributed by atoms with van der Waals surface area (Å²) in [7, 11) is 0. The van der Waals surface area contributed by atoms with Gasteiger partial charge in [-0.05, 0) is 79.1 Å². The minimum absolute atomic E-state index is 0.0590. The Labute approximate surface area is 133 Å². The number of hydrogen-bond acceptors (Lipinski definition) is 3. The molecule has 0 aromatic carbocycles. The van der Waals surface area contributed by atoms with E-state index in [2.05, 4.69) is 13.8 Å². The molecule has 0 bridgehead atoms. The molecule has 0 aromatic rings. The van der Waals surface area contributed by atoms with E-state index in [1.54, 1.807) is 0 Å². The first-order chi connectivity index (χ1) is 10.4. The van der Waals surface area contributed by atoms with Crippen molar-refractivity contribution >= 4 is 0 Å². The molecular formula is C19H30O3. The fourth-order valence-corrected chi connectivity index (χ4v) is 6.73. The first-order valence-corrected chi connectivity index (χ1v) is 9.14. The molecule has 4 rings (SSSR count). The van der Waals surface area contributed by atoms with E-state index in [1.165, 1.54) is 0 Å². The highest BCUT2D eigenvalue weighted by Gasteiger charge is 2.59. The number of aliphatic hydroxyl groups is 3. The van der Waals surface area contributed by atoms with Crippen molar-refractivity contribution in [2.45, 2.75) is 77.4 Å². The smallest absolute Gasteiger partial charge is 0.0924 e. The Morgan fingerprint density at radius 2 is 1.68 bits per heavy atom. The van der Waals surface area contributed by atoms with Gasteiger partial charge >= 0.3 is 0 Å². The molecule has 0 spiro atoms. The summed E-state index contributed by atoms with van der Waals surface area (Å²) in [5, 5.41) is 31.2. The van der Waals surface area contributed by atoms with Gasteiger partial charge in [0.05, 0.1) is 18.0 Å². The molecule has 3 fully saturated rings. The molecule has 7 atom stereocenters. The highest BCUT2D eigenvalue weighted by molar-refractivity contribution is 5.28. The summed E-state index contributed by atoms with van der Waals surface area (Å²) >= 11 is 0. The third kappa shape index (κ3) is 1.81. The van der Waals surface area contributed by atoms with E-state index in [9.17, 15) is 15.3 Å². The second-order valence-electron chi connectivity index (χ2n) is 8.96. The summed E-state index contributed by atoms with van der Waals surface area (Å²) in [5.41, 5.74) is 1.28. The van der Waals surface area contributed by atoms with Gasteiger partial charge in [-0.15, -0.1) is 0 Å². The van der Waals surface area contributed by atoms with Crippen LogP contribution < -0.4 is 0 Å². The number of rotatable bonds is 0. The van der Waals surface area contributed by atoms with Gasteiger partial charge in [0.2, 0.25) is 0 Å². The van der Waals surface area contributed by atoms with Crippen LogP contribution in [-0.4, -0.2) is 27.5 Å². The van der Waals surface area contributed by atoms with E-state index in [-0.39, 0.29) is 23.0 Å². The first-order valence-electron chi connectivity index (χ1n) is 9.14. The van der Waals surface area contributed by atoms with Crippen molar-refractivity contribution in [2.24, 2.45) is 28.6 Å². The molecule has 3 heteroatoms. The second-order valence-corrected chi connectivity index (χ2v) is 8.96. The summed E-state index contributed by atoms with van der Waals surface area (Å²) in [6.45, 7) is 4.60. The Morgan fingerprint density at radius 3 is 2.45 bits per heavy atom. The van der Waals surface area contributed by atoms with Gasteiger partial charge in [-0.3, -0.25) is 0 Å². The van der Waals surface area contributed by atoms with Crippen molar-refractivity contribution in [1.82, 2.24) is 0 Å². The lowest BCUT2D eigenvalue weighted by atomic mass is 9.47. The minimum Gasteiger partial charge on any atom is -0.512 e. The van der Waals surface area contributed by atoms with Crippen LogP contribution in [0.25, 0.3) is 0 Å². The molecule has 124 valence electrons. The summed E-state index contributed by atoms with van der Waals surface area (Å²) in [6, 6.07) is 0. The average Bonchev–Trinajstić information content (AvgIpc) is 2.77. The number of fused-ring (bicyclic) bond motifs is 5. The fourth-order valence-electron chi connectivity index (χ4n) is 6.73. The maximum absolute atomic E-state index is 10.7. The molecule has 0 amide bonds. The molecule has 0 unspecified atom stereocenters. The van der Waals surface area contributed by atoms with Crippen LogP contribution in [0.3, 0.4) is 0 Å². The van der Waals surface area contributed by atoms with Crippen molar-refractivity contribution in [3.8, 4) is 0 Å². The monoisotopic (exact) mass is 306 g/mol. The van der Waals surface area contributed by atoms with E-state index >= 15 is 0 Å². The van der Waals surface area contributed by atoms with Crippen LogP contribution in [0.5, 0.6) is 0 Å². The zero-order valence-corrected chi connectivity index (χ0v) is 13.9. The van der Waals surface area contributed by atoms with Crippen LogP contribution in [0.4, 0.5) is 0 Å². The van der Waals surface area contributed by atoms with Crippen molar-refractivity contribution in [1.29, 1.82) is 0 Å². The van der Waals surface area contributed by atoms with Crippen molar-refractivity contribution in [3.05, 3.63) is 11.3 Å². The summed E-state index contributed by atoms with van der Waals surface area (Å²) in [5.74, 6) is 2.25. The van der Waals surface area contributed by atoms with Crippen LogP contribution in [0.1, 0.15) is 65.2 Å². The van der Waals surface area contributed by atoms with Crippen LogP contribution in [0, 0.1) is 28.6 Å². The Kier molecular flexibility index (Phi) is 3.23. The average molecular weight is 306 g/mol. The van der Waals surface area contributed by atoms with Gasteiger partial charge in [-0.2, -0.15) is 0 Å². The fraction of sp³-hybridized carbons (Fsp3) is 0.895. The molecule has 0 aliphatic heterocycles. The van der Waals surface area contributed by atoms with E-state index in [0.717, 1.165) is 50.5 Å². The standard InChI is InChI=1S/C19H30O3/c1-18-7-5-11(20)9-15(18)16(21)10-12-13-3-4-17(22)19(13,2)8-6-14(12)18/h11-14,17,20-22H,3-10H2,1-2H3/t11-,12+,13+,14+,17+,18-,19+/m1/s1. The van der Waals surface area contributed by atoms with Gasteiger partial charge in [0.1, 0.15) is 0 Å². The molecule has 4 aliphatic rings. The summed E-state index contributed by atoms with van der Waals surface area (Å²) < 4.78 is 0. The van der Waals surface area contributed by atoms with Crippen LogP contribution in [0.2, 0.25) is 0 Å². The SMILES string of the molecule is C[C@]12CC[C@H]3[C@@H](CC(O)=C4C[C@H](O)CC[C@@]43C)[C@@H]1CC[C@@H]2O. The first kappa shape index (κ1) is 15.0. The quantitative estimate of drug-likeness (QED) is 0.641. The lowest BCUT2D eigenvalue weighted by Crippen LogP contribution is -2.52. The lowest BCUT2D eigenvalue weighted by Gasteiger charge is -2.57. The zero-order valence-electron chi connectivity index (χ0n) is 13.9. The topological polar surface area (TPSA) is 60.7 Å². The van der Waals surface area contributed by atoms with E-state index in [4.69, 9.17) is 0 Å². The third-order valence-electron chi connectivity index (χ3n) is 8.11. The van der Waals surface area contributed by atoms with Crippen LogP contribution >= 0.6 is 0 Å². The predicted molar refractivity (Wildman–Crippen MR) is 85.3 cm³/mol. The molecule has 22 heavy (non-hydrogen) atoms. The molecular weight excluding hydrogens is 276 g/mol. The zero-order chi connectivity index (χ0) is 15.7. The Balaban J connectivity index is 1.73. The van der Waals surface area contributed by atoms with E-state index in [0.29, 0.717) is 29.9 Å². The van der Waals surface area contributed by atoms with Gasteiger partial charge in [0, 0.05) is 6.42 Å². The van der Waals surface area contributed by atoms with Gasteiger partial charge in [-0.1, -0.05) is 13.8 Å². The highest BCUT2D eigenvalue weighted by Crippen LogP contribution is 2.65. The van der Waals surface area contributed by atoms with Crippen molar-refractivity contribution in [2.75, 3.05) is 0 Å². The maximum atomic E-state index is 10.7. The summed E-state index contributed by atoms with van der Waals surface area (Å²) in [4.78, 5) is 0. The Morgan fingerprint density at radius 1 is 0.909 bits per heavy atom. The molecule has 0 aromatic heterocycles. The normalized spacial score (nSPS) is 54.6. The van der Waals surface area contributed by atoms with Gasteiger partial charge < -0.3 is 15.3 Å². The molecule has 0 radical (unpaired) electrons. The lowest BCUT2D eigenvalue weighted by molar-refractivity contribution is -0.0785. The second kappa shape index (κ2) is 4.73. The van der Waals surface area contributed by atoms with Gasteiger partial charge in [-0.25, -0.2) is 0 Å². The van der Waals surface area contributed by atoms with Crippen LogP contribution in [-0.2, 0) is 0 Å². The molecule has 0 saturated heterocycles. The molecule has 4 aliphatic carbocycles. The summed E-state index contributed by atoms with van der Waals surface area (Å²) in [6.07, 6.45) is 7.19. The number of allylic oxidation sites excluding steroid dienone is 1. The minimum atomic E-state index is -0.274. The van der Waals surface area contributed by atoms with Crippen LogP contribution in [0.15, 0.2) is 11.3 Å². The Hall–Kier alpha value is -0.540. The number of aliphatic hydroxyl groups excluding tert-OH is 3. The van der Waals surface area contributed by atoms with Crippen molar-refractivity contribution in [3.63, 3.8) is 0 Å². The largest absolute Gasteiger partial charge is 0.512 e. The molecule has 3 N–H and O–H groups in total. The Bertz CT molecular complexity index is 513. The molecule has 0 heterocycles. The number of hydrogen-bond donors (Lipinski definition) is 3. The molecule has 3 saturated carbocycles. The maximum Gasteiger partial charge on any atom is 0.0924 e.